The Kier molecular flexibility index (Phi) is 5.46. The first-order valence-corrected chi connectivity index (χ1v) is 8.50. The van der Waals surface area contributed by atoms with Crippen molar-refractivity contribution in [3.63, 3.8) is 0 Å². The smallest absolute Gasteiger partial charge is 0.328 e. The second kappa shape index (κ2) is 7.94. The van der Waals surface area contributed by atoms with E-state index in [0.717, 1.165) is 54.6 Å². The van der Waals surface area contributed by atoms with Gasteiger partial charge in [0.15, 0.2) is 0 Å². The summed E-state index contributed by atoms with van der Waals surface area (Å²) < 4.78 is 0. The fraction of sp³-hybridized carbons (Fsp3) is 0.300. The third kappa shape index (κ3) is 4.45. The molecule has 1 aliphatic heterocycles. The van der Waals surface area contributed by atoms with E-state index in [1.165, 1.54) is 0 Å². The van der Waals surface area contributed by atoms with E-state index < -0.39 is 5.97 Å². The van der Waals surface area contributed by atoms with Gasteiger partial charge in [0.2, 0.25) is 0 Å². The summed E-state index contributed by atoms with van der Waals surface area (Å²) in [5, 5.41) is 18.0. The highest BCUT2D eigenvalue weighted by atomic mass is 16.4. The Hall–Kier alpha value is -2.66. The first-order valence-electron chi connectivity index (χ1n) is 8.50. The lowest BCUT2D eigenvalue weighted by atomic mass is 9.98. The number of carboxylic acid groups (broad SMARTS) is 1. The van der Waals surface area contributed by atoms with Crippen molar-refractivity contribution in [2.24, 2.45) is 5.92 Å². The maximum Gasteiger partial charge on any atom is 0.328 e. The van der Waals surface area contributed by atoms with Crippen LogP contribution in [-0.4, -0.2) is 40.9 Å². The molecule has 0 unspecified atom stereocenters. The number of piperidine rings is 1. The van der Waals surface area contributed by atoms with Gasteiger partial charge in [-0.3, -0.25) is 0 Å². The van der Waals surface area contributed by atoms with E-state index in [2.05, 4.69) is 4.90 Å². The van der Waals surface area contributed by atoms with E-state index in [-0.39, 0.29) is 6.61 Å². The van der Waals surface area contributed by atoms with Crippen LogP contribution in [0.4, 0.5) is 5.82 Å². The van der Waals surface area contributed by atoms with Gasteiger partial charge in [-0.25, -0.2) is 9.78 Å². The minimum atomic E-state index is -0.961. The topological polar surface area (TPSA) is 73.7 Å². The van der Waals surface area contributed by atoms with Crippen LogP contribution in [0.1, 0.15) is 18.4 Å². The Morgan fingerprint density at radius 3 is 2.68 bits per heavy atom. The molecule has 2 heterocycles. The SMILES string of the molecule is O=C(O)C=Cc1cccc(-c2cccc(N3CCC(CO)CC3)n2)c1. The van der Waals surface area contributed by atoms with Crippen LogP contribution in [0.15, 0.2) is 48.5 Å². The number of nitrogens with zero attached hydrogens (tertiary/aromatic N) is 2. The summed E-state index contributed by atoms with van der Waals surface area (Å²) in [4.78, 5) is 17.7. The number of hydrogen-bond donors (Lipinski definition) is 2. The zero-order chi connectivity index (χ0) is 17.6. The Morgan fingerprint density at radius 2 is 1.96 bits per heavy atom. The molecule has 1 saturated heterocycles. The van der Waals surface area contributed by atoms with Crippen LogP contribution in [0.2, 0.25) is 0 Å². The number of anilines is 1. The minimum absolute atomic E-state index is 0.262. The van der Waals surface area contributed by atoms with Crippen LogP contribution >= 0.6 is 0 Å². The fourth-order valence-electron chi connectivity index (χ4n) is 3.07. The fourth-order valence-corrected chi connectivity index (χ4v) is 3.07. The van der Waals surface area contributed by atoms with Crippen molar-refractivity contribution < 1.29 is 15.0 Å². The maximum absolute atomic E-state index is 10.7. The molecule has 0 amide bonds. The number of hydrogen-bond acceptors (Lipinski definition) is 4. The van der Waals surface area contributed by atoms with Crippen LogP contribution in [0.3, 0.4) is 0 Å². The second-order valence-electron chi connectivity index (χ2n) is 6.29. The van der Waals surface area contributed by atoms with Gasteiger partial charge in [-0.1, -0.05) is 24.3 Å². The molecule has 0 atom stereocenters. The number of carboxylic acids is 1. The lowest BCUT2D eigenvalue weighted by Gasteiger charge is -2.32. The number of carbonyl (C=O) groups is 1. The van der Waals surface area contributed by atoms with Crippen LogP contribution in [0, 0.1) is 5.92 Å². The monoisotopic (exact) mass is 338 g/mol. The molecule has 1 fully saturated rings. The van der Waals surface area contributed by atoms with Crippen molar-refractivity contribution in [2.45, 2.75) is 12.8 Å². The van der Waals surface area contributed by atoms with Gasteiger partial charge in [0.05, 0.1) is 5.69 Å². The average Bonchev–Trinajstić information content (AvgIpc) is 2.67. The highest BCUT2D eigenvalue weighted by Gasteiger charge is 2.19. The quantitative estimate of drug-likeness (QED) is 0.820. The normalized spacial score (nSPS) is 15.6. The van der Waals surface area contributed by atoms with Gasteiger partial charge in [0, 0.05) is 31.3 Å². The maximum atomic E-state index is 10.7. The molecule has 0 bridgehead atoms. The lowest BCUT2D eigenvalue weighted by Crippen LogP contribution is -2.35. The first kappa shape index (κ1) is 17.2. The van der Waals surface area contributed by atoms with E-state index >= 15 is 0 Å². The van der Waals surface area contributed by atoms with Gasteiger partial charge in [-0.2, -0.15) is 0 Å². The molecule has 130 valence electrons. The molecule has 0 radical (unpaired) electrons. The molecule has 5 nitrogen and oxygen atoms in total. The Morgan fingerprint density at radius 1 is 1.20 bits per heavy atom. The second-order valence-corrected chi connectivity index (χ2v) is 6.29. The summed E-state index contributed by atoms with van der Waals surface area (Å²) in [5.41, 5.74) is 2.66. The molecular weight excluding hydrogens is 316 g/mol. The molecule has 2 N–H and O–H groups in total. The number of pyridine rings is 1. The van der Waals surface area contributed by atoms with E-state index in [1.807, 2.05) is 42.5 Å². The number of aliphatic carboxylic acids is 1. The minimum Gasteiger partial charge on any atom is -0.478 e. The lowest BCUT2D eigenvalue weighted by molar-refractivity contribution is -0.131. The molecule has 0 saturated carbocycles. The third-order valence-corrected chi connectivity index (χ3v) is 4.53. The highest BCUT2D eigenvalue weighted by Crippen LogP contribution is 2.25. The van der Waals surface area contributed by atoms with E-state index in [1.54, 1.807) is 6.08 Å². The summed E-state index contributed by atoms with van der Waals surface area (Å²) >= 11 is 0. The molecular formula is C20H22N2O3. The Balaban J connectivity index is 1.80. The van der Waals surface area contributed by atoms with Crippen molar-refractivity contribution in [3.8, 4) is 11.3 Å². The largest absolute Gasteiger partial charge is 0.478 e. The summed E-state index contributed by atoms with van der Waals surface area (Å²) in [6.07, 6.45) is 4.68. The van der Waals surface area contributed by atoms with E-state index in [9.17, 15) is 9.90 Å². The molecule has 0 aliphatic carbocycles. The summed E-state index contributed by atoms with van der Waals surface area (Å²) in [5.74, 6) is 0.384. The van der Waals surface area contributed by atoms with Crippen molar-refractivity contribution in [1.82, 2.24) is 4.98 Å². The molecule has 0 spiro atoms. The standard InChI is InChI=1S/C20H22N2O3/c23-14-16-9-11-22(12-10-16)19-6-2-5-18(21-19)17-4-1-3-15(13-17)7-8-20(24)25/h1-8,13,16,23H,9-12,14H2,(H,24,25). The predicted molar refractivity (Wildman–Crippen MR) is 98.4 cm³/mol. The van der Waals surface area contributed by atoms with Gasteiger partial charge in [0.25, 0.3) is 0 Å². The summed E-state index contributed by atoms with van der Waals surface area (Å²) in [7, 11) is 0. The van der Waals surface area contributed by atoms with Gasteiger partial charge in [-0.05, 0) is 48.6 Å². The predicted octanol–water partition coefficient (Wildman–Crippen LogP) is 3.06. The van der Waals surface area contributed by atoms with Crippen molar-refractivity contribution in [3.05, 3.63) is 54.1 Å². The third-order valence-electron chi connectivity index (χ3n) is 4.53. The summed E-state index contributed by atoms with van der Waals surface area (Å²) in [6, 6.07) is 13.6. The number of aliphatic hydroxyl groups excluding tert-OH is 1. The Bertz CT molecular complexity index is 765. The number of aromatic nitrogens is 1. The van der Waals surface area contributed by atoms with Gasteiger partial charge in [0.1, 0.15) is 5.82 Å². The van der Waals surface area contributed by atoms with Gasteiger partial charge in [-0.15, -0.1) is 0 Å². The van der Waals surface area contributed by atoms with Crippen molar-refractivity contribution >= 4 is 17.9 Å². The number of benzene rings is 1. The molecule has 1 aromatic carbocycles. The molecule has 2 aromatic rings. The number of aliphatic hydroxyl groups is 1. The molecule has 25 heavy (non-hydrogen) atoms. The highest BCUT2D eigenvalue weighted by molar-refractivity contribution is 5.85. The molecule has 1 aliphatic rings. The first-order chi connectivity index (χ1) is 12.2. The van der Waals surface area contributed by atoms with Crippen LogP contribution < -0.4 is 4.90 Å². The molecule has 5 heteroatoms. The Labute approximate surface area is 147 Å². The van der Waals surface area contributed by atoms with Crippen LogP contribution in [0.25, 0.3) is 17.3 Å². The van der Waals surface area contributed by atoms with Crippen LogP contribution in [-0.2, 0) is 4.79 Å². The molecule has 1 aromatic heterocycles. The van der Waals surface area contributed by atoms with Crippen LogP contribution in [0.5, 0.6) is 0 Å². The zero-order valence-corrected chi connectivity index (χ0v) is 14.0. The van der Waals surface area contributed by atoms with Gasteiger partial charge < -0.3 is 15.1 Å². The van der Waals surface area contributed by atoms with E-state index in [4.69, 9.17) is 10.1 Å². The average molecular weight is 338 g/mol. The summed E-state index contributed by atoms with van der Waals surface area (Å²) in [6.45, 7) is 2.07. The van der Waals surface area contributed by atoms with E-state index in [0.29, 0.717) is 5.92 Å². The van der Waals surface area contributed by atoms with Crippen molar-refractivity contribution in [1.29, 1.82) is 0 Å². The molecule has 3 rings (SSSR count). The zero-order valence-electron chi connectivity index (χ0n) is 14.0. The number of rotatable bonds is 5. The van der Waals surface area contributed by atoms with Gasteiger partial charge >= 0.3 is 5.97 Å². The van der Waals surface area contributed by atoms with Crippen molar-refractivity contribution in [2.75, 3.05) is 24.6 Å².